The Bertz CT molecular complexity index is 1550. The van der Waals surface area contributed by atoms with Gasteiger partial charge in [-0.05, 0) is 90.3 Å². The SMILES string of the molecule is CC(C)C[C@H](NC(=O)c1ccc(NC(=O)OC(C)(C)C)cc1)C(=O)N1[C@@H]2C(=O)CN(C(=O)c3ccccc3)[C@@H]2CN1C(=O)OC(C)(C)C. The van der Waals surface area contributed by atoms with Crippen molar-refractivity contribution in [2.24, 2.45) is 5.92 Å². The maximum atomic E-state index is 14.4. The zero-order valence-corrected chi connectivity index (χ0v) is 28.7. The molecule has 2 aromatic carbocycles. The van der Waals surface area contributed by atoms with Crippen LogP contribution in [0.4, 0.5) is 15.3 Å². The molecule has 2 aliphatic heterocycles. The molecule has 3 atom stereocenters. The molecule has 13 nitrogen and oxygen atoms in total. The van der Waals surface area contributed by atoms with Crippen LogP contribution in [0.25, 0.3) is 0 Å². The second kappa shape index (κ2) is 14.0. The van der Waals surface area contributed by atoms with E-state index in [-0.39, 0.29) is 31.0 Å². The van der Waals surface area contributed by atoms with Gasteiger partial charge >= 0.3 is 12.2 Å². The van der Waals surface area contributed by atoms with E-state index in [1.54, 1.807) is 71.9 Å². The summed E-state index contributed by atoms with van der Waals surface area (Å²) in [5.74, 6) is -2.13. The normalized spacial score (nSPS) is 18.4. The molecule has 2 aromatic rings. The number of hydrogen-bond donors (Lipinski definition) is 2. The standard InChI is InChI=1S/C35H45N5O8/c1-21(2)18-25(37-29(42)22-14-16-24(17-15-22)36-32(45)47-34(3,4)5)31(44)40-28-26(19-39(40)33(46)48-35(6,7)8)38(20-27(28)41)30(43)23-12-10-9-11-13-23/h9-17,21,25-26,28H,18-20H2,1-8H3,(H,36,45)(H,37,42)/t25-,26+,28-/m0/s1. The van der Waals surface area contributed by atoms with Crippen LogP contribution in [-0.4, -0.2) is 93.0 Å². The summed E-state index contributed by atoms with van der Waals surface area (Å²) in [6.45, 7) is 13.6. The Kier molecular flexibility index (Phi) is 10.5. The van der Waals surface area contributed by atoms with E-state index < -0.39 is 65.0 Å². The minimum Gasteiger partial charge on any atom is -0.444 e. The van der Waals surface area contributed by atoms with Gasteiger partial charge in [-0.2, -0.15) is 0 Å². The first-order valence-electron chi connectivity index (χ1n) is 16.0. The molecule has 0 bridgehead atoms. The van der Waals surface area contributed by atoms with Gasteiger partial charge in [0.1, 0.15) is 23.3 Å². The van der Waals surface area contributed by atoms with Gasteiger partial charge in [-0.3, -0.25) is 24.5 Å². The molecule has 5 amide bonds. The Balaban J connectivity index is 1.60. The molecule has 4 rings (SSSR count). The summed E-state index contributed by atoms with van der Waals surface area (Å²) in [5, 5.41) is 7.53. The van der Waals surface area contributed by atoms with Crippen molar-refractivity contribution < 1.29 is 38.2 Å². The minimum atomic E-state index is -1.15. The van der Waals surface area contributed by atoms with E-state index in [9.17, 15) is 28.8 Å². The molecule has 13 heteroatoms. The molecule has 0 aromatic heterocycles. The number of hydrazine groups is 1. The van der Waals surface area contributed by atoms with Crippen LogP contribution in [0, 0.1) is 5.92 Å². The zero-order valence-electron chi connectivity index (χ0n) is 28.7. The summed E-state index contributed by atoms with van der Waals surface area (Å²) in [6, 6.07) is 11.4. The highest BCUT2D eigenvalue weighted by Gasteiger charge is 2.58. The van der Waals surface area contributed by atoms with Crippen molar-refractivity contribution in [2.45, 2.75) is 91.1 Å². The monoisotopic (exact) mass is 663 g/mol. The number of likely N-dealkylation sites (tertiary alicyclic amines) is 1. The molecule has 2 saturated heterocycles. The highest BCUT2D eigenvalue weighted by Crippen LogP contribution is 2.33. The summed E-state index contributed by atoms with van der Waals surface area (Å²) in [5.41, 5.74) is -0.609. The number of anilines is 1. The van der Waals surface area contributed by atoms with Gasteiger partial charge in [0.2, 0.25) is 0 Å². The number of nitrogens with one attached hydrogen (secondary N) is 2. The lowest BCUT2D eigenvalue weighted by Crippen LogP contribution is -2.58. The molecule has 0 radical (unpaired) electrons. The fraction of sp³-hybridized carbons (Fsp3) is 0.486. The highest BCUT2D eigenvalue weighted by molar-refractivity contribution is 6.04. The molecule has 48 heavy (non-hydrogen) atoms. The molecule has 0 unspecified atom stereocenters. The molecule has 0 saturated carbocycles. The van der Waals surface area contributed by atoms with Gasteiger partial charge in [0.05, 0.1) is 19.1 Å². The number of amides is 5. The molecule has 0 spiro atoms. The Morgan fingerprint density at radius 2 is 1.46 bits per heavy atom. The number of ether oxygens (including phenoxy) is 2. The Morgan fingerprint density at radius 3 is 2.02 bits per heavy atom. The fourth-order valence-electron chi connectivity index (χ4n) is 5.60. The molecule has 2 fully saturated rings. The van der Waals surface area contributed by atoms with E-state index in [1.807, 2.05) is 13.8 Å². The molecular weight excluding hydrogens is 618 g/mol. The largest absolute Gasteiger partial charge is 0.444 e. The van der Waals surface area contributed by atoms with Crippen LogP contribution in [0.1, 0.15) is 82.5 Å². The number of rotatable bonds is 7. The number of nitrogens with zero attached hydrogens (tertiary/aromatic N) is 3. The first kappa shape index (κ1) is 35.9. The lowest BCUT2D eigenvalue weighted by Gasteiger charge is -2.35. The Hall–Kier alpha value is -4.94. The van der Waals surface area contributed by atoms with Gasteiger partial charge in [-0.1, -0.05) is 32.0 Å². The van der Waals surface area contributed by atoms with E-state index >= 15 is 0 Å². The predicted octanol–water partition coefficient (Wildman–Crippen LogP) is 4.63. The molecule has 2 aliphatic rings. The topological polar surface area (TPSA) is 155 Å². The van der Waals surface area contributed by atoms with Gasteiger partial charge in [0, 0.05) is 16.8 Å². The molecule has 0 aliphatic carbocycles. The van der Waals surface area contributed by atoms with Crippen LogP contribution in [0.5, 0.6) is 0 Å². The van der Waals surface area contributed by atoms with Gasteiger partial charge < -0.3 is 19.7 Å². The third-order valence-corrected chi connectivity index (χ3v) is 7.52. The number of Topliss-reactive ketones (excluding diaryl/α,β-unsaturated/α-hetero) is 1. The first-order chi connectivity index (χ1) is 22.3. The summed E-state index contributed by atoms with van der Waals surface area (Å²) in [7, 11) is 0. The maximum absolute atomic E-state index is 14.4. The third kappa shape index (κ3) is 8.69. The van der Waals surface area contributed by atoms with Crippen LogP contribution in [-0.2, 0) is 19.1 Å². The van der Waals surface area contributed by atoms with Crippen molar-refractivity contribution >= 4 is 41.4 Å². The summed E-state index contributed by atoms with van der Waals surface area (Å²) in [4.78, 5) is 81.9. The number of fused-ring (bicyclic) bond motifs is 1. The summed E-state index contributed by atoms with van der Waals surface area (Å²) >= 11 is 0. The van der Waals surface area contributed by atoms with E-state index in [0.29, 0.717) is 11.3 Å². The van der Waals surface area contributed by atoms with Crippen molar-refractivity contribution in [2.75, 3.05) is 18.4 Å². The van der Waals surface area contributed by atoms with Crippen molar-refractivity contribution in [3.63, 3.8) is 0 Å². The number of ketones is 1. The second-order valence-corrected chi connectivity index (χ2v) is 14.4. The smallest absolute Gasteiger partial charge is 0.429 e. The minimum absolute atomic E-state index is 0.0662. The number of carbonyl (C=O) groups excluding carboxylic acids is 6. The zero-order chi connectivity index (χ0) is 35.6. The average molecular weight is 664 g/mol. The van der Waals surface area contributed by atoms with Crippen molar-refractivity contribution in [3.8, 4) is 0 Å². The quantitative estimate of drug-likeness (QED) is 0.435. The molecule has 2 heterocycles. The lowest BCUT2D eigenvalue weighted by molar-refractivity contribution is -0.152. The van der Waals surface area contributed by atoms with Crippen LogP contribution >= 0.6 is 0 Å². The van der Waals surface area contributed by atoms with Crippen molar-refractivity contribution in [3.05, 3.63) is 65.7 Å². The lowest BCUT2D eigenvalue weighted by atomic mass is 10.0. The van der Waals surface area contributed by atoms with Crippen LogP contribution in [0.2, 0.25) is 0 Å². The van der Waals surface area contributed by atoms with Crippen molar-refractivity contribution in [1.29, 1.82) is 0 Å². The van der Waals surface area contributed by atoms with Crippen LogP contribution < -0.4 is 10.6 Å². The van der Waals surface area contributed by atoms with Gasteiger partial charge in [0.15, 0.2) is 5.78 Å². The summed E-state index contributed by atoms with van der Waals surface area (Å²) < 4.78 is 10.9. The number of benzene rings is 2. The van der Waals surface area contributed by atoms with E-state index in [4.69, 9.17) is 9.47 Å². The fourth-order valence-corrected chi connectivity index (χ4v) is 5.60. The first-order valence-corrected chi connectivity index (χ1v) is 16.0. The van der Waals surface area contributed by atoms with Gasteiger partial charge in [0.25, 0.3) is 17.7 Å². The number of hydrogen-bond acceptors (Lipinski definition) is 8. The highest BCUT2D eigenvalue weighted by atomic mass is 16.6. The van der Waals surface area contributed by atoms with E-state index in [2.05, 4.69) is 10.6 Å². The summed E-state index contributed by atoms with van der Waals surface area (Å²) in [6.07, 6.45) is -1.31. The number of carbonyl (C=O) groups is 6. The van der Waals surface area contributed by atoms with Crippen LogP contribution in [0.3, 0.4) is 0 Å². The second-order valence-electron chi connectivity index (χ2n) is 14.4. The average Bonchev–Trinajstić information content (AvgIpc) is 3.52. The molecule has 258 valence electrons. The predicted molar refractivity (Wildman–Crippen MR) is 177 cm³/mol. The van der Waals surface area contributed by atoms with Crippen LogP contribution in [0.15, 0.2) is 54.6 Å². The van der Waals surface area contributed by atoms with E-state index in [0.717, 1.165) is 10.0 Å². The van der Waals surface area contributed by atoms with Crippen molar-refractivity contribution in [1.82, 2.24) is 20.2 Å². The molecule has 2 N–H and O–H groups in total. The van der Waals surface area contributed by atoms with Gasteiger partial charge in [-0.15, -0.1) is 0 Å². The van der Waals surface area contributed by atoms with E-state index in [1.165, 1.54) is 29.2 Å². The Labute approximate surface area is 280 Å². The Morgan fingerprint density at radius 1 is 0.854 bits per heavy atom. The maximum Gasteiger partial charge on any atom is 0.429 e. The molecular formula is C35H45N5O8. The van der Waals surface area contributed by atoms with Gasteiger partial charge in [-0.25, -0.2) is 19.6 Å². The third-order valence-electron chi connectivity index (χ3n) is 7.52.